The Bertz CT molecular complexity index is 422. The van der Waals surface area contributed by atoms with Gasteiger partial charge in [-0.25, -0.2) is 0 Å². The monoisotopic (exact) mass is 312 g/mol. The van der Waals surface area contributed by atoms with Crippen molar-refractivity contribution in [2.24, 2.45) is 11.0 Å². The summed E-state index contributed by atoms with van der Waals surface area (Å²) in [5.74, 6) is -0.269. The SMILES string of the molecule is COC[C@H]1CCCN1/N=C1\[C@@H](C)OC(C)(C)O[C@@]1(C)C(C)C. The molecule has 3 atom stereocenters. The highest BCUT2D eigenvalue weighted by Gasteiger charge is 2.49. The van der Waals surface area contributed by atoms with Crippen LogP contribution in [0.25, 0.3) is 0 Å². The fourth-order valence-corrected chi connectivity index (χ4v) is 3.52. The second-order valence-electron chi connectivity index (χ2n) is 7.42. The first-order chi connectivity index (χ1) is 10.2. The van der Waals surface area contributed by atoms with Crippen molar-refractivity contribution in [3.63, 3.8) is 0 Å². The maximum absolute atomic E-state index is 6.30. The molecule has 5 nitrogen and oxygen atoms in total. The molecule has 0 aromatic carbocycles. The van der Waals surface area contributed by atoms with Gasteiger partial charge in [0.05, 0.1) is 18.4 Å². The summed E-state index contributed by atoms with van der Waals surface area (Å²) in [4.78, 5) is 0. The van der Waals surface area contributed by atoms with E-state index in [-0.39, 0.29) is 6.10 Å². The molecule has 5 heteroatoms. The van der Waals surface area contributed by atoms with Crippen LogP contribution in [0, 0.1) is 5.92 Å². The molecular formula is C17H32N2O3. The molecule has 2 rings (SSSR count). The van der Waals surface area contributed by atoms with Crippen LogP contribution in [0.5, 0.6) is 0 Å². The van der Waals surface area contributed by atoms with Crippen molar-refractivity contribution in [3.8, 4) is 0 Å². The third-order valence-corrected chi connectivity index (χ3v) is 4.86. The Morgan fingerprint density at radius 3 is 2.64 bits per heavy atom. The molecule has 0 saturated carbocycles. The van der Waals surface area contributed by atoms with Gasteiger partial charge in [0.2, 0.25) is 0 Å². The van der Waals surface area contributed by atoms with E-state index in [0.29, 0.717) is 12.0 Å². The van der Waals surface area contributed by atoms with E-state index >= 15 is 0 Å². The first-order valence-electron chi connectivity index (χ1n) is 8.42. The molecule has 0 bridgehead atoms. The van der Waals surface area contributed by atoms with E-state index in [4.69, 9.17) is 19.3 Å². The normalized spacial score (nSPS) is 37.3. The van der Waals surface area contributed by atoms with Crippen LogP contribution in [0.1, 0.15) is 54.4 Å². The molecule has 128 valence electrons. The average Bonchev–Trinajstić information content (AvgIpc) is 2.80. The summed E-state index contributed by atoms with van der Waals surface area (Å²) >= 11 is 0. The molecule has 0 aliphatic carbocycles. The molecule has 22 heavy (non-hydrogen) atoms. The Hall–Kier alpha value is -0.650. The number of hydrogen-bond acceptors (Lipinski definition) is 5. The summed E-state index contributed by atoms with van der Waals surface area (Å²) < 4.78 is 17.7. The van der Waals surface area contributed by atoms with Gasteiger partial charge in [0, 0.05) is 13.7 Å². The predicted molar refractivity (Wildman–Crippen MR) is 88.0 cm³/mol. The maximum atomic E-state index is 6.30. The van der Waals surface area contributed by atoms with Crippen LogP contribution in [0.3, 0.4) is 0 Å². The molecule has 0 radical (unpaired) electrons. The Kier molecular flexibility index (Phi) is 5.20. The molecule has 2 heterocycles. The highest BCUT2D eigenvalue weighted by molar-refractivity contribution is 5.96. The van der Waals surface area contributed by atoms with Crippen molar-refractivity contribution in [1.82, 2.24) is 5.01 Å². The van der Waals surface area contributed by atoms with Gasteiger partial charge >= 0.3 is 0 Å². The van der Waals surface area contributed by atoms with Gasteiger partial charge in [-0.05, 0) is 46.5 Å². The Morgan fingerprint density at radius 1 is 1.36 bits per heavy atom. The van der Waals surface area contributed by atoms with Crippen molar-refractivity contribution in [2.75, 3.05) is 20.3 Å². The zero-order chi connectivity index (χ0) is 16.5. The number of hydrogen-bond donors (Lipinski definition) is 0. The number of rotatable bonds is 4. The number of methoxy groups -OCH3 is 1. The molecule has 2 aliphatic rings. The standard InChI is InChI=1S/C17H32N2O3/c1-12(2)17(6)15(13(3)21-16(4,5)22-17)18-19-10-8-9-14(19)11-20-7/h12-14H,8-11H2,1-7H3/b18-15+/t13-,14-,17+/m1/s1. The second kappa shape index (κ2) is 6.46. The van der Waals surface area contributed by atoms with E-state index in [0.717, 1.165) is 31.7 Å². The summed E-state index contributed by atoms with van der Waals surface area (Å²) in [6.07, 6.45) is 2.23. The Labute approximate surface area is 135 Å². The van der Waals surface area contributed by atoms with Gasteiger partial charge in [-0.3, -0.25) is 5.01 Å². The second-order valence-corrected chi connectivity index (χ2v) is 7.42. The van der Waals surface area contributed by atoms with Gasteiger partial charge in [-0.2, -0.15) is 5.10 Å². The van der Waals surface area contributed by atoms with Crippen LogP contribution < -0.4 is 0 Å². The van der Waals surface area contributed by atoms with E-state index in [1.54, 1.807) is 7.11 Å². The van der Waals surface area contributed by atoms with Gasteiger partial charge in [0.25, 0.3) is 0 Å². The average molecular weight is 312 g/mol. The molecule has 0 unspecified atom stereocenters. The molecular weight excluding hydrogens is 280 g/mol. The zero-order valence-electron chi connectivity index (χ0n) is 15.2. The molecule has 2 saturated heterocycles. The first-order valence-corrected chi connectivity index (χ1v) is 8.42. The number of hydrazone groups is 1. The van der Waals surface area contributed by atoms with Crippen molar-refractivity contribution >= 4 is 5.71 Å². The molecule has 0 amide bonds. The van der Waals surface area contributed by atoms with Gasteiger partial charge in [0.15, 0.2) is 5.79 Å². The van der Waals surface area contributed by atoms with Crippen LogP contribution in [0.4, 0.5) is 0 Å². The van der Waals surface area contributed by atoms with Crippen LogP contribution in [0.15, 0.2) is 5.10 Å². The molecule has 2 fully saturated rings. The van der Waals surface area contributed by atoms with Gasteiger partial charge in [-0.15, -0.1) is 0 Å². The van der Waals surface area contributed by atoms with Gasteiger partial charge in [0.1, 0.15) is 11.7 Å². The van der Waals surface area contributed by atoms with Crippen LogP contribution >= 0.6 is 0 Å². The van der Waals surface area contributed by atoms with E-state index in [9.17, 15) is 0 Å². The highest BCUT2D eigenvalue weighted by atomic mass is 16.7. The Balaban J connectivity index is 2.31. The van der Waals surface area contributed by atoms with Gasteiger partial charge in [-0.1, -0.05) is 13.8 Å². The minimum atomic E-state index is -0.589. The van der Waals surface area contributed by atoms with Crippen molar-refractivity contribution < 1.29 is 14.2 Å². The minimum Gasteiger partial charge on any atom is -0.382 e. The largest absolute Gasteiger partial charge is 0.382 e. The van der Waals surface area contributed by atoms with Crippen molar-refractivity contribution in [3.05, 3.63) is 0 Å². The molecule has 0 aromatic rings. The molecule has 2 aliphatic heterocycles. The fourth-order valence-electron chi connectivity index (χ4n) is 3.52. The van der Waals surface area contributed by atoms with Crippen LogP contribution in [0.2, 0.25) is 0 Å². The smallest absolute Gasteiger partial charge is 0.164 e. The van der Waals surface area contributed by atoms with E-state index in [1.807, 2.05) is 13.8 Å². The minimum absolute atomic E-state index is 0.0556. The van der Waals surface area contributed by atoms with Crippen LogP contribution in [-0.2, 0) is 14.2 Å². The van der Waals surface area contributed by atoms with Crippen LogP contribution in [-0.4, -0.2) is 54.5 Å². The topological polar surface area (TPSA) is 43.3 Å². The first kappa shape index (κ1) is 17.7. The lowest BCUT2D eigenvalue weighted by molar-refractivity contribution is -0.287. The number of ether oxygens (including phenoxy) is 3. The summed E-state index contributed by atoms with van der Waals surface area (Å²) in [7, 11) is 1.75. The summed E-state index contributed by atoms with van der Waals surface area (Å²) in [5.41, 5.74) is 0.575. The maximum Gasteiger partial charge on any atom is 0.164 e. The quantitative estimate of drug-likeness (QED) is 0.800. The zero-order valence-corrected chi connectivity index (χ0v) is 15.2. The summed E-state index contributed by atoms with van der Waals surface area (Å²) in [6.45, 7) is 14.2. The van der Waals surface area contributed by atoms with E-state index in [2.05, 4.69) is 32.7 Å². The van der Waals surface area contributed by atoms with Crippen molar-refractivity contribution in [1.29, 1.82) is 0 Å². The van der Waals surface area contributed by atoms with Crippen molar-refractivity contribution in [2.45, 2.75) is 77.9 Å². The molecule has 0 spiro atoms. The lowest BCUT2D eigenvalue weighted by Gasteiger charge is -2.49. The van der Waals surface area contributed by atoms with Gasteiger partial charge < -0.3 is 14.2 Å². The lowest BCUT2D eigenvalue weighted by atomic mass is 9.83. The molecule has 0 N–H and O–H groups in total. The summed E-state index contributed by atoms with van der Waals surface area (Å²) in [5, 5.41) is 7.14. The number of nitrogens with zero attached hydrogens (tertiary/aromatic N) is 2. The summed E-state index contributed by atoms with van der Waals surface area (Å²) in [6, 6.07) is 0.357. The predicted octanol–water partition coefficient (Wildman–Crippen LogP) is 3.04. The third kappa shape index (κ3) is 3.47. The van der Waals surface area contributed by atoms with E-state index < -0.39 is 11.4 Å². The molecule has 0 aromatic heterocycles. The highest BCUT2D eigenvalue weighted by Crippen LogP contribution is 2.37. The van der Waals surface area contributed by atoms with E-state index in [1.165, 1.54) is 0 Å². The Morgan fingerprint density at radius 2 is 2.05 bits per heavy atom. The lowest BCUT2D eigenvalue weighted by Crippen LogP contribution is -2.60. The third-order valence-electron chi connectivity index (χ3n) is 4.86. The fraction of sp³-hybridized carbons (Fsp3) is 0.941.